The second-order valence-electron chi connectivity index (χ2n) is 1.35. The third-order valence-electron chi connectivity index (χ3n) is 0.707. The predicted molar refractivity (Wildman–Crippen MR) is 84.2 cm³/mol. The largest absolute Gasteiger partial charge is 3.00 e. The topological polar surface area (TPSA) is 0 Å². The van der Waals surface area contributed by atoms with Crippen LogP contribution in [0.2, 0.25) is 5.28 Å². The fraction of sp³-hybridized carbons (Fsp3) is 0.700. The molecule has 0 unspecified atom stereocenters. The van der Waals surface area contributed by atoms with Crippen LogP contribution in [-0.2, 0) is 21.7 Å². The minimum atomic E-state index is 0. The smallest absolute Gasteiger partial charge is 1.00 e. The van der Waals surface area contributed by atoms with Crippen LogP contribution in [0, 0.1) is 20.8 Å². The van der Waals surface area contributed by atoms with Crippen LogP contribution in [0.4, 0.5) is 0 Å². The van der Waals surface area contributed by atoms with Crippen molar-refractivity contribution in [1.29, 1.82) is 0 Å². The van der Waals surface area contributed by atoms with Crippen molar-refractivity contribution in [3.63, 3.8) is 0 Å². The van der Waals surface area contributed by atoms with Gasteiger partial charge in [0.25, 0.3) is 0 Å². The van der Waals surface area contributed by atoms with Gasteiger partial charge < -0.3 is 22.2 Å². The van der Waals surface area contributed by atoms with Crippen LogP contribution in [0.25, 0.3) is 0 Å². The number of hydrogen-bond acceptors (Lipinski definition) is 0. The Labute approximate surface area is 160 Å². The molecule has 0 N–H and O–H groups in total. The number of halogens is 3. The maximum absolute atomic E-state index is 3.25. The van der Waals surface area contributed by atoms with E-state index >= 15 is 0 Å². The van der Waals surface area contributed by atoms with E-state index in [0.29, 0.717) is 0 Å². The van der Waals surface area contributed by atoms with Gasteiger partial charge in [-0.1, -0.05) is 19.8 Å². The van der Waals surface area contributed by atoms with Crippen LogP contribution in [0.1, 0.15) is 42.0 Å². The van der Waals surface area contributed by atoms with Crippen LogP contribution in [0.3, 0.4) is 0 Å². The van der Waals surface area contributed by atoms with Gasteiger partial charge in [-0.05, 0) is 0 Å². The molecule has 0 aromatic heterocycles. The summed E-state index contributed by atoms with van der Waals surface area (Å²) in [5.74, 6) is 0. The average molecular weight is 338 g/mol. The van der Waals surface area contributed by atoms with E-state index in [2.05, 4.69) is 27.7 Å². The van der Waals surface area contributed by atoms with E-state index in [1.165, 1.54) is 34.4 Å². The summed E-state index contributed by atoms with van der Waals surface area (Å²) >= 11 is 1.40. The van der Waals surface area contributed by atoms with Gasteiger partial charge in [0, 0.05) is 0 Å². The fourth-order valence-electron chi connectivity index (χ4n) is 0.354. The summed E-state index contributed by atoms with van der Waals surface area (Å²) in [6, 6.07) is 0. The first-order valence-corrected chi connectivity index (χ1v) is 5.95. The third-order valence-corrected chi connectivity index (χ3v) is 1.41. The van der Waals surface area contributed by atoms with Crippen molar-refractivity contribution in [2.24, 2.45) is 0 Å². The van der Waals surface area contributed by atoms with Crippen LogP contribution in [0.15, 0.2) is 0 Å². The van der Waals surface area contributed by atoms with Crippen molar-refractivity contribution in [3.8, 4) is 0 Å². The Bertz CT molecular complexity index is 39.0. The molecule has 0 amide bonds. The molecule has 0 aliphatic heterocycles. The van der Waals surface area contributed by atoms with E-state index in [4.69, 9.17) is 0 Å². The van der Waals surface area contributed by atoms with Gasteiger partial charge in [-0.25, -0.2) is 0 Å². The summed E-state index contributed by atoms with van der Waals surface area (Å²) in [5.41, 5.74) is 0. The zero-order valence-corrected chi connectivity index (χ0v) is 18.0. The molecule has 0 spiro atoms. The summed E-state index contributed by atoms with van der Waals surface area (Å²) in [6.45, 7) is 17.2. The Hall–Kier alpha value is 2.71. The Balaban J connectivity index is -0.00000000467. The minimum absolute atomic E-state index is 0. The van der Waals surface area contributed by atoms with Gasteiger partial charge in [0.1, 0.15) is 0 Å². The average Bonchev–Trinajstić information content (AvgIpc) is 2.16. The molecule has 0 heterocycles. The Morgan fingerprint density at radius 1 is 0.875 bits per heavy atom. The molecular weight excluding hydrogens is 308 g/mol. The van der Waals surface area contributed by atoms with Gasteiger partial charge in [0.15, 0.2) is 0 Å². The molecule has 0 aromatic rings. The molecule has 6 heteroatoms. The van der Waals surface area contributed by atoms with Crippen molar-refractivity contribution in [2.75, 3.05) is 0 Å². The molecule has 99 valence electrons. The molecule has 0 atom stereocenters. The summed E-state index contributed by atoms with van der Waals surface area (Å²) in [6.07, 6.45) is 2.83. The Kier molecular flexibility index (Phi) is 589. The molecule has 0 aliphatic rings. The van der Waals surface area contributed by atoms with E-state index in [0.717, 1.165) is 0 Å². The van der Waals surface area contributed by atoms with Crippen LogP contribution in [0.5, 0.6) is 0 Å². The van der Waals surface area contributed by atoms with Crippen molar-refractivity contribution in [1.82, 2.24) is 0 Å². The Morgan fingerprint density at radius 3 is 1.06 bits per heavy atom. The summed E-state index contributed by atoms with van der Waals surface area (Å²) in [4.78, 5) is 0. The molecule has 0 nitrogen and oxygen atoms in total. The number of hydrogen-bond donors (Lipinski definition) is 0. The second-order valence-corrected chi connectivity index (χ2v) is 2.35. The summed E-state index contributed by atoms with van der Waals surface area (Å²) in [5, 5.41) is 1.48. The van der Waals surface area contributed by atoms with Gasteiger partial charge in [0.2, 0.25) is 16.3 Å². The normalized spacial score (nSPS) is 3.69. The van der Waals surface area contributed by atoms with E-state index in [9.17, 15) is 0 Å². The van der Waals surface area contributed by atoms with Crippen LogP contribution in [-0.4, -0.2) is 16.3 Å². The monoisotopic (exact) mass is 337 g/mol. The predicted octanol–water partition coefficient (Wildman–Crippen LogP) is 1.74. The summed E-state index contributed by atoms with van der Waals surface area (Å²) in [7, 11) is 0. The first-order chi connectivity index (χ1) is 5.41. The maximum Gasteiger partial charge on any atom is 3.00 e. The van der Waals surface area contributed by atoms with Gasteiger partial charge in [0.05, 0.1) is 0 Å². The third kappa shape index (κ3) is 186. The van der Waals surface area contributed by atoms with Crippen LogP contribution < -0.4 is 18.9 Å². The SMILES string of the molecule is CCC[CH2][AlH2].Cl.Cl.Cl.[CH2-]C.[CH2-]C.[CH2-]C.[H-].[Li+].[Ti+3]. The molecule has 0 aromatic carbocycles. The van der Waals surface area contributed by atoms with Crippen molar-refractivity contribution in [2.45, 2.75) is 45.8 Å². The van der Waals surface area contributed by atoms with Gasteiger partial charge in [-0.15, -0.1) is 42.5 Å². The van der Waals surface area contributed by atoms with Crippen molar-refractivity contribution < 1.29 is 42.0 Å². The van der Waals surface area contributed by atoms with Crippen molar-refractivity contribution >= 4 is 53.5 Å². The van der Waals surface area contributed by atoms with Gasteiger partial charge in [-0.3, -0.25) is 0 Å². The second kappa shape index (κ2) is 152. The quantitative estimate of drug-likeness (QED) is 0.531. The molecule has 0 fully saturated rings. The standard InChI is InChI=1S/C4H9.3C2H5.Al.3ClH.Li.Ti.3H/c1-3-4-2;3*1-2;;;;;;;;;/h1,3-4H2,2H3;3*1H2,2H3;;3*1H;;;;;/q;3*-1;;;;;+1;+3;;;-1. The van der Waals surface area contributed by atoms with E-state index in [-0.39, 0.29) is 79.2 Å². The van der Waals surface area contributed by atoms with Crippen molar-refractivity contribution in [3.05, 3.63) is 20.8 Å². The molecule has 16 heavy (non-hydrogen) atoms. The molecule has 0 saturated heterocycles. The van der Waals surface area contributed by atoms with E-state index in [1.807, 2.05) is 0 Å². The number of unbranched alkanes of at least 4 members (excludes halogenated alkanes) is 1. The molecule has 0 saturated carbocycles. The molecule has 0 aliphatic carbocycles. The van der Waals surface area contributed by atoms with Crippen LogP contribution >= 0.6 is 37.2 Å². The molecule has 0 bridgehead atoms. The first kappa shape index (κ1) is 62.2. The molecule has 0 rings (SSSR count). The molecular formula is C10H30AlCl3LiTi. The molecule has 1 radical (unpaired) electrons. The zero-order chi connectivity index (χ0) is 10.1. The van der Waals surface area contributed by atoms with Gasteiger partial charge in [-0.2, -0.15) is 20.8 Å². The van der Waals surface area contributed by atoms with E-state index < -0.39 is 0 Å². The zero-order valence-electron chi connectivity index (χ0n) is 13.0. The maximum atomic E-state index is 3.25. The Morgan fingerprint density at radius 2 is 1.06 bits per heavy atom. The van der Waals surface area contributed by atoms with Gasteiger partial charge >= 0.3 is 40.6 Å². The summed E-state index contributed by atoms with van der Waals surface area (Å²) < 4.78 is 0. The fourth-order valence-corrected chi connectivity index (χ4v) is 1.06. The van der Waals surface area contributed by atoms with E-state index in [1.54, 1.807) is 20.8 Å². The first-order valence-electron chi connectivity index (χ1n) is 4.54. The number of rotatable bonds is 2. The minimum Gasteiger partial charge on any atom is -1.00 e.